The van der Waals surface area contributed by atoms with E-state index in [1.807, 2.05) is 0 Å². The van der Waals surface area contributed by atoms with Crippen LogP contribution in [0.3, 0.4) is 0 Å². The van der Waals surface area contributed by atoms with Crippen LogP contribution in [0.1, 0.15) is 49.9 Å². The Morgan fingerprint density at radius 3 is 2.55 bits per heavy atom. The SMILES string of the molecule is CCCN(CCC)c1ncc(C(=O)NCC2CCCO2)cn1. The van der Waals surface area contributed by atoms with Crippen molar-refractivity contribution in [3.05, 3.63) is 18.0 Å². The second kappa shape index (κ2) is 8.68. The molecule has 1 amide bonds. The van der Waals surface area contributed by atoms with Crippen LogP contribution in [0.2, 0.25) is 0 Å². The highest BCUT2D eigenvalue weighted by Gasteiger charge is 2.17. The fourth-order valence-corrected chi connectivity index (χ4v) is 2.57. The zero-order chi connectivity index (χ0) is 15.8. The van der Waals surface area contributed by atoms with Crippen LogP contribution in [0.5, 0.6) is 0 Å². The summed E-state index contributed by atoms with van der Waals surface area (Å²) in [7, 11) is 0. The van der Waals surface area contributed by atoms with Crippen molar-refractivity contribution in [3.63, 3.8) is 0 Å². The summed E-state index contributed by atoms with van der Waals surface area (Å²) in [6.07, 6.45) is 7.53. The Morgan fingerprint density at radius 2 is 2.00 bits per heavy atom. The second-order valence-electron chi connectivity index (χ2n) is 5.60. The number of rotatable bonds is 8. The van der Waals surface area contributed by atoms with Gasteiger partial charge in [0, 0.05) is 38.6 Å². The summed E-state index contributed by atoms with van der Waals surface area (Å²) in [5.74, 6) is 0.555. The summed E-state index contributed by atoms with van der Waals surface area (Å²) in [6.45, 7) is 7.48. The minimum Gasteiger partial charge on any atom is -0.376 e. The van der Waals surface area contributed by atoms with Gasteiger partial charge in [0.1, 0.15) is 0 Å². The number of hydrogen-bond acceptors (Lipinski definition) is 5. The lowest BCUT2D eigenvalue weighted by atomic mass is 10.2. The van der Waals surface area contributed by atoms with Crippen LogP contribution < -0.4 is 10.2 Å². The number of carbonyl (C=O) groups excluding carboxylic acids is 1. The predicted octanol–water partition coefficient (Wildman–Crippen LogP) is 2.01. The number of nitrogens with one attached hydrogen (secondary N) is 1. The zero-order valence-corrected chi connectivity index (χ0v) is 13.5. The van der Waals surface area contributed by atoms with E-state index in [0.29, 0.717) is 18.1 Å². The topological polar surface area (TPSA) is 67.4 Å². The van der Waals surface area contributed by atoms with Crippen LogP contribution in [0, 0.1) is 0 Å². The molecule has 0 saturated carbocycles. The third-order valence-electron chi connectivity index (χ3n) is 3.68. The summed E-state index contributed by atoms with van der Waals surface area (Å²) in [6, 6.07) is 0. The van der Waals surface area contributed by atoms with E-state index in [1.54, 1.807) is 12.4 Å². The first kappa shape index (κ1) is 16.7. The predicted molar refractivity (Wildman–Crippen MR) is 86.1 cm³/mol. The van der Waals surface area contributed by atoms with E-state index in [1.165, 1.54) is 0 Å². The van der Waals surface area contributed by atoms with E-state index in [2.05, 4.69) is 34.0 Å². The van der Waals surface area contributed by atoms with Gasteiger partial charge < -0.3 is 15.0 Å². The van der Waals surface area contributed by atoms with Gasteiger partial charge in [-0.15, -0.1) is 0 Å². The first-order chi connectivity index (χ1) is 10.7. The van der Waals surface area contributed by atoms with Gasteiger partial charge in [0.25, 0.3) is 5.91 Å². The van der Waals surface area contributed by atoms with E-state index in [0.717, 1.165) is 45.4 Å². The standard InChI is InChI=1S/C16H26N4O2/c1-3-7-20(8-4-2)16-18-10-13(11-19-16)15(21)17-12-14-6-5-9-22-14/h10-11,14H,3-9,12H2,1-2H3,(H,17,21). The molecule has 1 aromatic rings. The number of amides is 1. The van der Waals surface area contributed by atoms with E-state index >= 15 is 0 Å². The van der Waals surface area contributed by atoms with Gasteiger partial charge in [-0.1, -0.05) is 13.8 Å². The maximum absolute atomic E-state index is 12.1. The lowest BCUT2D eigenvalue weighted by molar-refractivity contribution is 0.0857. The molecule has 0 aromatic carbocycles. The molecule has 1 unspecified atom stereocenters. The lowest BCUT2D eigenvalue weighted by Gasteiger charge is -2.21. The van der Waals surface area contributed by atoms with Crippen molar-refractivity contribution in [2.75, 3.05) is 31.1 Å². The van der Waals surface area contributed by atoms with Gasteiger partial charge in [0.2, 0.25) is 5.95 Å². The summed E-state index contributed by atoms with van der Waals surface area (Å²) >= 11 is 0. The lowest BCUT2D eigenvalue weighted by Crippen LogP contribution is -2.32. The number of aromatic nitrogens is 2. The summed E-state index contributed by atoms with van der Waals surface area (Å²) in [5.41, 5.74) is 0.495. The van der Waals surface area contributed by atoms with Crippen molar-refractivity contribution < 1.29 is 9.53 Å². The van der Waals surface area contributed by atoms with Crippen molar-refractivity contribution in [1.82, 2.24) is 15.3 Å². The average molecular weight is 306 g/mol. The average Bonchev–Trinajstić information content (AvgIpc) is 3.06. The molecule has 2 heterocycles. The number of hydrogen-bond donors (Lipinski definition) is 1. The van der Waals surface area contributed by atoms with Crippen molar-refractivity contribution in [3.8, 4) is 0 Å². The number of carbonyl (C=O) groups is 1. The molecule has 1 fully saturated rings. The number of nitrogens with zero attached hydrogens (tertiary/aromatic N) is 3. The Morgan fingerprint density at radius 1 is 1.32 bits per heavy atom. The quantitative estimate of drug-likeness (QED) is 0.796. The second-order valence-corrected chi connectivity index (χ2v) is 5.60. The summed E-state index contributed by atoms with van der Waals surface area (Å²) in [4.78, 5) is 22.9. The molecule has 0 bridgehead atoms. The molecule has 6 heteroatoms. The molecular weight excluding hydrogens is 280 g/mol. The highest BCUT2D eigenvalue weighted by atomic mass is 16.5. The third-order valence-corrected chi connectivity index (χ3v) is 3.68. The van der Waals surface area contributed by atoms with Gasteiger partial charge in [-0.25, -0.2) is 9.97 Å². The van der Waals surface area contributed by atoms with Gasteiger partial charge >= 0.3 is 0 Å². The molecule has 0 aliphatic carbocycles. The number of ether oxygens (including phenoxy) is 1. The summed E-state index contributed by atoms with van der Waals surface area (Å²) < 4.78 is 5.49. The molecule has 1 N–H and O–H groups in total. The molecule has 0 radical (unpaired) electrons. The number of anilines is 1. The first-order valence-electron chi connectivity index (χ1n) is 8.21. The first-order valence-corrected chi connectivity index (χ1v) is 8.21. The van der Waals surface area contributed by atoms with E-state index in [4.69, 9.17) is 4.74 Å². The van der Waals surface area contributed by atoms with E-state index < -0.39 is 0 Å². The van der Waals surface area contributed by atoms with Gasteiger partial charge in [0.05, 0.1) is 11.7 Å². The zero-order valence-electron chi connectivity index (χ0n) is 13.5. The van der Waals surface area contributed by atoms with Crippen LogP contribution in [-0.4, -0.2) is 48.2 Å². The maximum Gasteiger partial charge on any atom is 0.254 e. The molecule has 1 aliphatic heterocycles. The fourth-order valence-electron chi connectivity index (χ4n) is 2.57. The van der Waals surface area contributed by atoms with Crippen molar-refractivity contribution in [1.29, 1.82) is 0 Å². The van der Waals surface area contributed by atoms with Crippen LogP contribution in [0.15, 0.2) is 12.4 Å². The molecule has 1 aromatic heterocycles. The van der Waals surface area contributed by atoms with Crippen LogP contribution in [0.4, 0.5) is 5.95 Å². The Hall–Kier alpha value is -1.69. The Kier molecular flexibility index (Phi) is 6.58. The smallest absolute Gasteiger partial charge is 0.254 e. The molecule has 0 spiro atoms. The monoisotopic (exact) mass is 306 g/mol. The molecule has 1 aliphatic rings. The van der Waals surface area contributed by atoms with Gasteiger partial charge in [-0.05, 0) is 25.7 Å². The Labute approximate surface area is 132 Å². The molecule has 122 valence electrons. The molecule has 6 nitrogen and oxygen atoms in total. The molecular formula is C16H26N4O2. The summed E-state index contributed by atoms with van der Waals surface area (Å²) in [5, 5.41) is 2.88. The van der Waals surface area contributed by atoms with Crippen molar-refractivity contribution in [2.45, 2.75) is 45.6 Å². The van der Waals surface area contributed by atoms with Gasteiger partial charge in [0.15, 0.2) is 0 Å². The van der Waals surface area contributed by atoms with Gasteiger partial charge in [-0.2, -0.15) is 0 Å². The molecule has 1 atom stereocenters. The van der Waals surface area contributed by atoms with Gasteiger partial charge in [-0.3, -0.25) is 4.79 Å². The third kappa shape index (κ3) is 4.66. The van der Waals surface area contributed by atoms with Crippen molar-refractivity contribution in [2.24, 2.45) is 0 Å². The molecule has 2 rings (SSSR count). The largest absolute Gasteiger partial charge is 0.376 e. The highest BCUT2D eigenvalue weighted by molar-refractivity contribution is 5.93. The molecule has 1 saturated heterocycles. The van der Waals surface area contributed by atoms with Crippen LogP contribution in [0.25, 0.3) is 0 Å². The van der Waals surface area contributed by atoms with Crippen LogP contribution in [-0.2, 0) is 4.74 Å². The van der Waals surface area contributed by atoms with E-state index in [9.17, 15) is 4.79 Å². The van der Waals surface area contributed by atoms with E-state index in [-0.39, 0.29) is 12.0 Å². The van der Waals surface area contributed by atoms with Crippen molar-refractivity contribution >= 4 is 11.9 Å². The fraction of sp³-hybridized carbons (Fsp3) is 0.688. The minimum atomic E-state index is -0.139. The Bertz CT molecular complexity index is 452. The Balaban J connectivity index is 1.90. The van der Waals surface area contributed by atoms with Crippen LogP contribution >= 0.6 is 0 Å². The maximum atomic E-state index is 12.1. The highest BCUT2D eigenvalue weighted by Crippen LogP contribution is 2.11. The molecule has 22 heavy (non-hydrogen) atoms. The normalized spacial score (nSPS) is 17.5. The minimum absolute atomic E-state index is 0.139.